The lowest BCUT2D eigenvalue weighted by Crippen LogP contribution is -2.15. The van der Waals surface area contributed by atoms with Crippen LogP contribution in [0.25, 0.3) is 0 Å². The third-order valence-corrected chi connectivity index (χ3v) is 3.93. The number of aryl methyl sites for hydroxylation is 1. The maximum atomic E-state index is 11.5. The summed E-state index contributed by atoms with van der Waals surface area (Å²) in [5, 5.41) is 26.8. The van der Waals surface area contributed by atoms with Crippen LogP contribution in [0.4, 0.5) is 17.1 Å². The van der Waals surface area contributed by atoms with Gasteiger partial charge in [-0.3, -0.25) is 25.7 Å². The van der Waals surface area contributed by atoms with E-state index in [2.05, 4.69) is 10.5 Å². The van der Waals surface area contributed by atoms with Gasteiger partial charge in [0.05, 0.1) is 22.2 Å². The summed E-state index contributed by atoms with van der Waals surface area (Å²) in [5.41, 5.74) is 3.60. The molecular weight excluding hydrogens is 396 g/mol. The number of hydrogen-bond acceptors (Lipinski definition) is 9. The monoisotopic (exact) mass is 416 g/mol. The maximum Gasteiger partial charge on any atom is 0.344 e. The summed E-state index contributed by atoms with van der Waals surface area (Å²) >= 11 is 0. The molecule has 0 aliphatic heterocycles. The van der Waals surface area contributed by atoms with Crippen molar-refractivity contribution in [1.29, 1.82) is 0 Å². The highest BCUT2D eigenvalue weighted by atomic mass is 16.6. The van der Waals surface area contributed by atoms with Crippen LogP contribution < -0.4 is 10.2 Å². The highest BCUT2D eigenvalue weighted by molar-refractivity contribution is 5.99. The van der Waals surface area contributed by atoms with E-state index in [4.69, 9.17) is 9.47 Å². The van der Waals surface area contributed by atoms with Crippen molar-refractivity contribution in [2.75, 3.05) is 18.6 Å². The first-order chi connectivity index (χ1) is 14.2. The Morgan fingerprint density at radius 2 is 1.73 bits per heavy atom. The Labute approximate surface area is 171 Å². The average Bonchev–Trinajstić information content (AvgIpc) is 2.70. The van der Waals surface area contributed by atoms with Crippen molar-refractivity contribution in [2.45, 2.75) is 20.8 Å². The molecule has 0 saturated carbocycles. The van der Waals surface area contributed by atoms with Gasteiger partial charge in [0.15, 0.2) is 12.4 Å². The van der Waals surface area contributed by atoms with Gasteiger partial charge in [-0.1, -0.05) is 29.8 Å². The molecule has 2 rings (SSSR count). The molecule has 158 valence electrons. The van der Waals surface area contributed by atoms with Crippen molar-refractivity contribution < 1.29 is 24.1 Å². The summed E-state index contributed by atoms with van der Waals surface area (Å²) in [6.07, 6.45) is 0. The predicted molar refractivity (Wildman–Crippen MR) is 109 cm³/mol. The number of ether oxygens (including phenoxy) is 2. The third kappa shape index (κ3) is 5.74. The van der Waals surface area contributed by atoms with E-state index in [0.29, 0.717) is 5.71 Å². The minimum atomic E-state index is -0.835. The molecule has 0 atom stereocenters. The summed E-state index contributed by atoms with van der Waals surface area (Å²) in [5.74, 6) is -1.06. The van der Waals surface area contributed by atoms with Crippen LogP contribution in [-0.4, -0.2) is 34.7 Å². The Hall–Kier alpha value is -4.02. The molecule has 0 aromatic heterocycles. The van der Waals surface area contributed by atoms with Crippen molar-refractivity contribution in [3.8, 4) is 5.75 Å². The van der Waals surface area contributed by atoms with Gasteiger partial charge >= 0.3 is 17.3 Å². The van der Waals surface area contributed by atoms with E-state index >= 15 is 0 Å². The normalized spacial score (nSPS) is 11.0. The van der Waals surface area contributed by atoms with Gasteiger partial charge in [0.25, 0.3) is 0 Å². The number of anilines is 1. The second kappa shape index (κ2) is 9.96. The highest BCUT2D eigenvalue weighted by Gasteiger charge is 2.26. The van der Waals surface area contributed by atoms with Crippen LogP contribution >= 0.6 is 0 Å². The smallest absolute Gasteiger partial charge is 0.344 e. The Morgan fingerprint density at radius 3 is 2.30 bits per heavy atom. The van der Waals surface area contributed by atoms with E-state index in [1.165, 1.54) is 0 Å². The number of benzene rings is 2. The molecule has 0 aliphatic carbocycles. The molecule has 0 bridgehead atoms. The summed E-state index contributed by atoms with van der Waals surface area (Å²) in [6, 6.07) is 9.27. The van der Waals surface area contributed by atoms with Crippen LogP contribution in [-0.2, 0) is 9.53 Å². The first-order valence-corrected chi connectivity index (χ1v) is 8.85. The maximum absolute atomic E-state index is 11.5. The van der Waals surface area contributed by atoms with Crippen LogP contribution in [0.1, 0.15) is 25.0 Å². The lowest BCUT2D eigenvalue weighted by Gasteiger charge is -2.10. The molecule has 11 nitrogen and oxygen atoms in total. The van der Waals surface area contributed by atoms with Gasteiger partial charge in [0, 0.05) is 6.07 Å². The average molecular weight is 416 g/mol. The van der Waals surface area contributed by atoms with Crippen molar-refractivity contribution in [1.82, 2.24) is 0 Å². The second-order valence-corrected chi connectivity index (χ2v) is 6.12. The molecular formula is C19H20N4O7. The van der Waals surface area contributed by atoms with E-state index in [9.17, 15) is 25.0 Å². The minimum Gasteiger partial charge on any atom is -0.475 e. The van der Waals surface area contributed by atoms with Gasteiger partial charge in [0.1, 0.15) is 11.8 Å². The quantitative estimate of drug-likeness (QED) is 0.282. The molecule has 0 saturated heterocycles. The third-order valence-electron chi connectivity index (χ3n) is 3.93. The zero-order valence-electron chi connectivity index (χ0n) is 16.6. The lowest BCUT2D eigenvalue weighted by molar-refractivity contribution is -0.394. The number of nitrogens with zero attached hydrogens (tertiary/aromatic N) is 3. The lowest BCUT2D eigenvalue weighted by atomic mass is 10.1. The highest BCUT2D eigenvalue weighted by Crippen LogP contribution is 2.37. The number of esters is 1. The van der Waals surface area contributed by atoms with Gasteiger partial charge in [-0.05, 0) is 26.3 Å². The van der Waals surface area contributed by atoms with Crippen molar-refractivity contribution >= 4 is 28.7 Å². The Bertz CT molecular complexity index is 987. The fourth-order valence-electron chi connectivity index (χ4n) is 2.40. The summed E-state index contributed by atoms with van der Waals surface area (Å²) in [6.45, 7) is 4.77. The van der Waals surface area contributed by atoms with Crippen LogP contribution in [0.3, 0.4) is 0 Å². The van der Waals surface area contributed by atoms with Gasteiger partial charge in [0.2, 0.25) is 0 Å². The Balaban J connectivity index is 2.38. The van der Waals surface area contributed by atoms with Crippen LogP contribution in [0, 0.1) is 27.2 Å². The second-order valence-electron chi connectivity index (χ2n) is 6.12. The Morgan fingerprint density at radius 1 is 1.10 bits per heavy atom. The molecule has 0 amide bonds. The molecule has 1 N–H and O–H groups in total. The summed E-state index contributed by atoms with van der Waals surface area (Å²) < 4.78 is 9.88. The molecule has 0 fully saturated rings. The van der Waals surface area contributed by atoms with Crippen molar-refractivity contribution in [3.05, 3.63) is 67.8 Å². The number of nitro benzene ring substituents is 2. The molecule has 0 unspecified atom stereocenters. The molecule has 11 heteroatoms. The van der Waals surface area contributed by atoms with Crippen LogP contribution in [0.2, 0.25) is 0 Å². The SMILES string of the molecule is CCOC(=O)COc1cc(N/N=C(/C)c2ccc(C)cc2)c([N+](=O)[O-])cc1[N+](=O)[O-]. The molecule has 0 radical (unpaired) electrons. The molecule has 2 aromatic carbocycles. The fraction of sp³-hybridized carbons (Fsp3) is 0.263. The summed E-state index contributed by atoms with van der Waals surface area (Å²) in [4.78, 5) is 32.6. The first kappa shape index (κ1) is 22.3. The molecule has 0 spiro atoms. The van der Waals surface area contributed by atoms with Crippen molar-refractivity contribution in [3.63, 3.8) is 0 Å². The first-order valence-electron chi connectivity index (χ1n) is 8.85. The number of carbonyl (C=O) groups is 1. The van der Waals surface area contributed by atoms with E-state index in [0.717, 1.165) is 23.3 Å². The molecule has 0 aliphatic rings. The zero-order chi connectivity index (χ0) is 22.3. The van der Waals surface area contributed by atoms with E-state index in [1.54, 1.807) is 13.8 Å². The van der Waals surface area contributed by atoms with Gasteiger partial charge < -0.3 is 9.47 Å². The number of hydrazone groups is 1. The summed E-state index contributed by atoms with van der Waals surface area (Å²) in [7, 11) is 0. The Kier molecular flexibility index (Phi) is 7.39. The molecule has 30 heavy (non-hydrogen) atoms. The predicted octanol–water partition coefficient (Wildman–Crippen LogP) is 3.59. The standard InChI is InChI=1S/C19H20N4O7/c1-4-29-19(24)11-30-18-9-15(16(22(25)26)10-17(18)23(27)28)21-20-13(3)14-7-5-12(2)6-8-14/h5-10,21H,4,11H2,1-3H3/b20-13-. The minimum absolute atomic E-state index is 0.115. The van der Waals surface area contributed by atoms with Crippen LogP contribution in [0.5, 0.6) is 5.75 Å². The van der Waals surface area contributed by atoms with E-state index in [-0.39, 0.29) is 18.0 Å². The van der Waals surface area contributed by atoms with Gasteiger partial charge in [-0.25, -0.2) is 4.79 Å². The molecule has 0 heterocycles. The molecule has 2 aromatic rings. The number of hydrogen-bond donors (Lipinski definition) is 1. The fourth-order valence-corrected chi connectivity index (χ4v) is 2.40. The van der Waals surface area contributed by atoms with E-state index < -0.39 is 33.8 Å². The number of rotatable bonds is 9. The zero-order valence-corrected chi connectivity index (χ0v) is 16.6. The van der Waals surface area contributed by atoms with E-state index in [1.807, 2.05) is 31.2 Å². The topological polar surface area (TPSA) is 146 Å². The van der Waals surface area contributed by atoms with Gasteiger partial charge in [-0.2, -0.15) is 5.10 Å². The number of carbonyl (C=O) groups excluding carboxylic acids is 1. The van der Waals surface area contributed by atoms with Crippen LogP contribution in [0.15, 0.2) is 41.5 Å². The number of nitro groups is 2. The number of nitrogens with one attached hydrogen (secondary N) is 1. The van der Waals surface area contributed by atoms with Crippen molar-refractivity contribution in [2.24, 2.45) is 5.10 Å². The van der Waals surface area contributed by atoms with Gasteiger partial charge in [-0.15, -0.1) is 0 Å². The largest absolute Gasteiger partial charge is 0.475 e.